The third-order valence-corrected chi connectivity index (χ3v) is 6.44. The molecule has 0 spiro atoms. The van der Waals surface area contributed by atoms with Crippen LogP contribution in [0.2, 0.25) is 0 Å². The number of aliphatic hydroxyl groups is 1. The molecule has 4 rings (SSSR count). The van der Waals surface area contributed by atoms with Crippen molar-refractivity contribution in [2.24, 2.45) is 0 Å². The number of halogens is 1. The summed E-state index contributed by atoms with van der Waals surface area (Å²) < 4.78 is 14.4. The van der Waals surface area contributed by atoms with Gasteiger partial charge in [-0.1, -0.05) is 12.1 Å². The van der Waals surface area contributed by atoms with Gasteiger partial charge in [0.05, 0.1) is 22.5 Å². The van der Waals surface area contributed by atoms with E-state index in [1.165, 1.54) is 24.3 Å². The van der Waals surface area contributed by atoms with E-state index in [9.17, 15) is 14.3 Å². The number of benzene rings is 1. The van der Waals surface area contributed by atoms with E-state index < -0.39 is 12.0 Å². The summed E-state index contributed by atoms with van der Waals surface area (Å²) in [6.45, 7) is 5.84. The number of nitrogens with zero attached hydrogens (tertiary/aromatic N) is 3. The first kappa shape index (κ1) is 24.6. The van der Waals surface area contributed by atoms with Crippen molar-refractivity contribution in [3.63, 3.8) is 0 Å². The van der Waals surface area contributed by atoms with Gasteiger partial charge in [-0.2, -0.15) is 0 Å². The predicted molar refractivity (Wildman–Crippen MR) is 136 cm³/mol. The molecule has 2 atom stereocenters. The fourth-order valence-corrected chi connectivity index (χ4v) is 4.63. The van der Waals surface area contributed by atoms with Crippen molar-refractivity contribution in [1.29, 1.82) is 0 Å². The largest absolute Gasteiger partial charge is 0.373 e. The summed E-state index contributed by atoms with van der Waals surface area (Å²) in [6, 6.07) is 10.7. The quantitative estimate of drug-likeness (QED) is 0.254. The lowest BCUT2D eigenvalue weighted by Crippen LogP contribution is -2.25. The molecule has 1 aromatic carbocycles. The van der Waals surface area contributed by atoms with Crippen LogP contribution in [-0.2, 0) is 11.2 Å². The average molecular weight is 495 g/mol. The standard InChI is InChI=1S/C25H27FN6O2S/c1-14-10-21-23(35-14)22(32-25(31-21)29-15(2)18-11-19(26)13-27-12-18)24(34)28-9-8-17-4-6-20(7-5-17)30-16(3)33/h4-7,10-13,15,24,28,34H,8-9H2,1-3H3,(H,30,33)(H,29,31,32). The van der Waals surface area contributed by atoms with Gasteiger partial charge in [0.2, 0.25) is 11.9 Å². The van der Waals surface area contributed by atoms with Gasteiger partial charge in [0.15, 0.2) is 0 Å². The Morgan fingerprint density at radius 1 is 1.17 bits per heavy atom. The van der Waals surface area contributed by atoms with Gasteiger partial charge in [0, 0.05) is 30.2 Å². The molecule has 0 fully saturated rings. The first-order valence-electron chi connectivity index (χ1n) is 11.2. The fraction of sp³-hybridized carbons (Fsp3) is 0.280. The van der Waals surface area contributed by atoms with Crippen LogP contribution < -0.4 is 16.0 Å². The maximum atomic E-state index is 13.6. The van der Waals surface area contributed by atoms with Gasteiger partial charge in [-0.3, -0.25) is 15.1 Å². The van der Waals surface area contributed by atoms with Crippen molar-refractivity contribution in [2.75, 3.05) is 17.2 Å². The number of fused-ring (bicyclic) bond motifs is 1. The van der Waals surface area contributed by atoms with Gasteiger partial charge in [-0.25, -0.2) is 14.4 Å². The van der Waals surface area contributed by atoms with E-state index in [0.717, 1.165) is 32.5 Å². The Morgan fingerprint density at radius 3 is 2.66 bits per heavy atom. The SMILES string of the molecule is CC(=O)Nc1ccc(CCNC(O)c2nc(NC(C)c3cncc(F)c3)nc3cc(C)sc23)cc1. The zero-order chi connectivity index (χ0) is 24.9. The van der Waals surface area contributed by atoms with Gasteiger partial charge < -0.3 is 15.7 Å². The number of aryl methyl sites for hydroxylation is 1. The molecule has 0 aliphatic rings. The third-order valence-electron chi connectivity index (χ3n) is 5.38. The number of pyridine rings is 1. The predicted octanol–water partition coefficient (Wildman–Crippen LogP) is 4.49. The second-order valence-corrected chi connectivity index (χ2v) is 9.55. The van der Waals surface area contributed by atoms with Crippen LogP contribution in [0.3, 0.4) is 0 Å². The number of amides is 1. The molecule has 4 aromatic rings. The minimum absolute atomic E-state index is 0.113. The van der Waals surface area contributed by atoms with E-state index in [2.05, 4.69) is 30.9 Å². The minimum Gasteiger partial charge on any atom is -0.373 e. The molecule has 35 heavy (non-hydrogen) atoms. The van der Waals surface area contributed by atoms with Crippen LogP contribution in [0.5, 0.6) is 0 Å². The molecule has 1 amide bonds. The molecule has 0 bridgehead atoms. The number of carbonyl (C=O) groups excluding carboxylic acids is 1. The van der Waals surface area contributed by atoms with Gasteiger partial charge in [-0.05, 0) is 55.7 Å². The summed E-state index contributed by atoms with van der Waals surface area (Å²) >= 11 is 1.52. The first-order valence-corrected chi connectivity index (χ1v) is 12.0. The summed E-state index contributed by atoms with van der Waals surface area (Å²) in [6.07, 6.45) is 2.44. The Labute approximate surface area is 206 Å². The van der Waals surface area contributed by atoms with E-state index in [0.29, 0.717) is 30.2 Å². The van der Waals surface area contributed by atoms with Crippen LogP contribution in [0, 0.1) is 12.7 Å². The van der Waals surface area contributed by atoms with Crippen LogP contribution in [0.15, 0.2) is 48.8 Å². The number of aromatic nitrogens is 3. The van der Waals surface area contributed by atoms with E-state index in [-0.39, 0.29) is 11.9 Å². The van der Waals surface area contributed by atoms with Crippen LogP contribution in [0.25, 0.3) is 10.2 Å². The summed E-state index contributed by atoms with van der Waals surface area (Å²) in [4.78, 5) is 25.3. The van der Waals surface area contributed by atoms with Crippen LogP contribution >= 0.6 is 11.3 Å². The van der Waals surface area contributed by atoms with Crippen molar-refractivity contribution in [1.82, 2.24) is 20.3 Å². The third kappa shape index (κ3) is 6.36. The molecule has 0 saturated heterocycles. The topological polar surface area (TPSA) is 112 Å². The van der Waals surface area contributed by atoms with Crippen LogP contribution in [-0.4, -0.2) is 32.5 Å². The Kier molecular flexibility index (Phi) is 7.64. The molecule has 10 heteroatoms. The number of carbonyl (C=O) groups is 1. The highest BCUT2D eigenvalue weighted by Gasteiger charge is 2.19. The monoisotopic (exact) mass is 494 g/mol. The molecule has 3 aromatic heterocycles. The van der Waals surface area contributed by atoms with Crippen LogP contribution in [0.4, 0.5) is 16.0 Å². The molecule has 2 unspecified atom stereocenters. The lowest BCUT2D eigenvalue weighted by molar-refractivity contribution is -0.114. The number of aliphatic hydroxyl groups excluding tert-OH is 1. The summed E-state index contributed by atoms with van der Waals surface area (Å²) in [5.41, 5.74) is 3.70. The van der Waals surface area contributed by atoms with Crippen molar-refractivity contribution in [3.05, 3.63) is 76.3 Å². The van der Waals surface area contributed by atoms with Gasteiger partial charge in [0.25, 0.3) is 0 Å². The second-order valence-electron chi connectivity index (χ2n) is 8.29. The Hall–Kier alpha value is -3.47. The highest BCUT2D eigenvalue weighted by molar-refractivity contribution is 7.19. The van der Waals surface area contributed by atoms with E-state index >= 15 is 0 Å². The highest BCUT2D eigenvalue weighted by Crippen LogP contribution is 2.30. The molecule has 4 N–H and O–H groups in total. The average Bonchev–Trinajstić information content (AvgIpc) is 3.19. The molecule has 0 saturated carbocycles. The Morgan fingerprint density at radius 2 is 1.94 bits per heavy atom. The molecule has 0 aliphatic carbocycles. The van der Waals surface area contributed by atoms with Crippen molar-refractivity contribution >= 4 is 39.1 Å². The first-order chi connectivity index (χ1) is 16.8. The minimum atomic E-state index is -0.996. The molecule has 182 valence electrons. The molecule has 3 heterocycles. The second kappa shape index (κ2) is 10.9. The molecular weight excluding hydrogens is 467 g/mol. The van der Waals surface area contributed by atoms with Gasteiger partial charge in [0.1, 0.15) is 17.7 Å². The van der Waals surface area contributed by atoms with Gasteiger partial charge in [-0.15, -0.1) is 11.3 Å². The molecule has 0 aliphatic heterocycles. The fourth-order valence-electron chi connectivity index (χ4n) is 3.67. The zero-order valence-corrected chi connectivity index (χ0v) is 20.5. The number of nitrogens with one attached hydrogen (secondary N) is 3. The van der Waals surface area contributed by atoms with E-state index in [1.807, 2.05) is 44.2 Å². The Bertz CT molecular complexity index is 1330. The summed E-state index contributed by atoms with van der Waals surface area (Å²) in [5.74, 6) is -0.180. The van der Waals surface area contributed by atoms with Gasteiger partial charge >= 0.3 is 0 Å². The Balaban J connectivity index is 1.46. The molecule has 8 nitrogen and oxygen atoms in total. The summed E-state index contributed by atoms with van der Waals surface area (Å²) in [7, 11) is 0. The lowest BCUT2D eigenvalue weighted by atomic mass is 10.1. The van der Waals surface area contributed by atoms with E-state index in [4.69, 9.17) is 0 Å². The lowest BCUT2D eigenvalue weighted by Gasteiger charge is -2.17. The molecular formula is C25H27FN6O2S. The number of hydrogen-bond acceptors (Lipinski definition) is 8. The number of hydrogen-bond donors (Lipinski definition) is 4. The molecule has 0 radical (unpaired) electrons. The van der Waals surface area contributed by atoms with E-state index in [1.54, 1.807) is 6.20 Å². The summed E-state index contributed by atoms with van der Waals surface area (Å²) in [5, 5.41) is 20.0. The number of anilines is 2. The van der Waals surface area contributed by atoms with Crippen molar-refractivity contribution in [2.45, 2.75) is 39.5 Å². The normalized spacial score (nSPS) is 12.9. The highest BCUT2D eigenvalue weighted by atomic mass is 32.1. The number of rotatable bonds is 9. The maximum Gasteiger partial charge on any atom is 0.224 e. The zero-order valence-electron chi connectivity index (χ0n) is 19.7. The maximum absolute atomic E-state index is 13.6. The van der Waals surface area contributed by atoms with Crippen LogP contribution in [0.1, 0.15) is 47.8 Å². The smallest absolute Gasteiger partial charge is 0.224 e. The number of thiophene rings is 1. The van der Waals surface area contributed by atoms with Crippen molar-refractivity contribution < 1.29 is 14.3 Å². The van der Waals surface area contributed by atoms with Crippen molar-refractivity contribution in [3.8, 4) is 0 Å².